The molecule has 1 aromatic carbocycles. The third-order valence-electron chi connectivity index (χ3n) is 2.33. The topological polar surface area (TPSA) is 70.2 Å². The predicted molar refractivity (Wildman–Crippen MR) is 66.0 cm³/mol. The average molecular weight is 268 g/mol. The van der Waals surface area contributed by atoms with Gasteiger partial charge >= 0.3 is 11.6 Å². The zero-order chi connectivity index (χ0) is 13.1. The summed E-state index contributed by atoms with van der Waals surface area (Å²) in [7, 11) is 1.35. The smallest absolute Gasteiger partial charge is 0.350 e. The summed E-state index contributed by atoms with van der Waals surface area (Å²) < 4.78 is 6.30. The first kappa shape index (κ1) is 12.4. The van der Waals surface area contributed by atoms with Crippen LogP contribution in [0.1, 0.15) is 5.56 Å². The van der Waals surface area contributed by atoms with Crippen LogP contribution in [-0.4, -0.2) is 21.8 Å². The Labute approximate surface area is 108 Å². The van der Waals surface area contributed by atoms with Gasteiger partial charge in [0.15, 0.2) is 0 Å². The van der Waals surface area contributed by atoms with E-state index in [2.05, 4.69) is 5.10 Å². The molecule has 0 aliphatic rings. The van der Waals surface area contributed by atoms with Gasteiger partial charge in [-0.25, -0.2) is 0 Å². The van der Waals surface area contributed by atoms with Crippen LogP contribution >= 0.6 is 11.6 Å². The van der Waals surface area contributed by atoms with E-state index >= 15 is 0 Å². The van der Waals surface area contributed by atoms with Gasteiger partial charge in [0.2, 0.25) is 0 Å². The van der Waals surface area contributed by atoms with Crippen molar-refractivity contribution in [3.05, 3.63) is 51.2 Å². The summed E-state index contributed by atoms with van der Waals surface area (Å²) in [6.45, 7) is 0.394. The van der Waals surface area contributed by atoms with E-state index in [9.17, 15) is 10.1 Å². The highest BCUT2D eigenvalue weighted by molar-refractivity contribution is 6.30. The molecule has 0 unspecified atom stereocenters. The van der Waals surface area contributed by atoms with Crippen LogP contribution in [-0.2, 0) is 6.54 Å². The van der Waals surface area contributed by atoms with Crippen LogP contribution < -0.4 is 4.74 Å². The maximum atomic E-state index is 10.8. The van der Waals surface area contributed by atoms with Gasteiger partial charge in [-0.2, -0.15) is 0 Å². The van der Waals surface area contributed by atoms with Crippen molar-refractivity contribution < 1.29 is 9.66 Å². The highest BCUT2D eigenvalue weighted by Crippen LogP contribution is 2.24. The van der Waals surface area contributed by atoms with Crippen LogP contribution in [0.3, 0.4) is 0 Å². The Morgan fingerprint density at radius 2 is 2.33 bits per heavy atom. The van der Waals surface area contributed by atoms with Crippen molar-refractivity contribution in [3.63, 3.8) is 0 Å². The fourth-order valence-electron chi connectivity index (χ4n) is 1.57. The molecule has 0 radical (unpaired) electrons. The summed E-state index contributed by atoms with van der Waals surface area (Å²) in [5, 5.41) is 15.3. The van der Waals surface area contributed by atoms with Crippen LogP contribution in [0.25, 0.3) is 0 Å². The number of hydrogen-bond acceptors (Lipinski definition) is 4. The zero-order valence-corrected chi connectivity index (χ0v) is 10.3. The largest absolute Gasteiger partial charge is 0.475 e. The molecule has 2 rings (SSSR count). The van der Waals surface area contributed by atoms with Crippen molar-refractivity contribution >= 4 is 17.3 Å². The Morgan fingerprint density at radius 3 is 2.89 bits per heavy atom. The molecule has 0 fully saturated rings. The first-order valence-electron chi connectivity index (χ1n) is 5.10. The second kappa shape index (κ2) is 5.05. The molecule has 0 saturated heterocycles. The van der Waals surface area contributed by atoms with E-state index in [0.717, 1.165) is 5.56 Å². The molecule has 7 heteroatoms. The summed E-state index contributed by atoms with van der Waals surface area (Å²) in [5.74, 6) is 0.00188. The quantitative estimate of drug-likeness (QED) is 0.630. The van der Waals surface area contributed by atoms with E-state index in [0.29, 0.717) is 11.6 Å². The van der Waals surface area contributed by atoms with Crippen molar-refractivity contribution in [3.8, 4) is 5.88 Å². The highest BCUT2D eigenvalue weighted by Gasteiger charge is 2.20. The summed E-state index contributed by atoms with van der Waals surface area (Å²) in [6, 6.07) is 7.22. The second-order valence-electron chi connectivity index (χ2n) is 3.61. The van der Waals surface area contributed by atoms with Gasteiger partial charge in [-0.15, -0.1) is 5.10 Å². The van der Waals surface area contributed by atoms with Crippen LogP contribution in [0, 0.1) is 10.1 Å². The fraction of sp³-hybridized carbons (Fsp3) is 0.182. The van der Waals surface area contributed by atoms with E-state index in [1.165, 1.54) is 18.0 Å². The summed E-state index contributed by atoms with van der Waals surface area (Å²) in [6.07, 6.45) is 1.33. The number of nitrogens with zero attached hydrogens (tertiary/aromatic N) is 3. The van der Waals surface area contributed by atoms with Crippen molar-refractivity contribution in [1.29, 1.82) is 0 Å². The normalized spacial score (nSPS) is 10.3. The Hall–Kier alpha value is -2.08. The average Bonchev–Trinajstić information content (AvgIpc) is 2.72. The molecule has 6 nitrogen and oxygen atoms in total. The van der Waals surface area contributed by atoms with Crippen molar-refractivity contribution in [2.75, 3.05) is 7.11 Å². The zero-order valence-electron chi connectivity index (χ0n) is 9.54. The van der Waals surface area contributed by atoms with Gasteiger partial charge in [-0.3, -0.25) is 14.8 Å². The molecule has 0 aliphatic carbocycles. The minimum atomic E-state index is -0.527. The predicted octanol–water partition coefficient (Wildman–Crippen LogP) is 2.50. The minimum Gasteiger partial charge on any atom is -0.475 e. The molecule has 94 valence electrons. The first-order valence-corrected chi connectivity index (χ1v) is 5.48. The van der Waals surface area contributed by atoms with Gasteiger partial charge < -0.3 is 4.74 Å². The van der Waals surface area contributed by atoms with Crippen LogP contribution in [0.5, 0.6) is 5.88 Å². The van der Waals surface area contributed by atoms with Gasteiger partial charge in [-0.05, 0) is 17.7 Å². The van der Waals surface area contributed by atoms with E-state index in [-0.39, 0.29) is 11.6 Å². The number of rotatable bonds is 4. The second-order valence-corrected chi connectivity index (χ2v) is 4.04. The van der Waals surface area contributed by atoms with Crippen LogP contribution in [0.4, 0.5) is 5.69 Å². The Bertz CT molecular complexity index is 583. The molecule has 0 spiro atoms. The summed E-state index contributed by atoms with van der Waals surface area (Å²) in [4.78, 5) is 10.2. The Morgan fingerprint density at radius 1 is 1.56 bits per heavy atom. The number of aromatic nitrogens is 2. The van der Waals surface area contributed by atoms with Gasteiger partial charge in [0.05, 0.1) is 18.6 Å². The van der Waals surface area contributed by atoms with E-state index in [4.69, 9.17) is 16.3 Å². The molecule has 1 heterocycles. The molecular formula is C11H10ClN3O3. The Balaban J connectivity index is 2.27. The minimum absolute atomic E-state index is 0.00188. The Kier molecular flexibility index (Phi) is 3.47. The number of nitro groups is 1. The van der Waals surface area contributed by atoms with Crippen LogP contribution in [0.2, 0.25) is 5.02 Å². The van der Waals surface area contributed by atoms with Crippen LogP contribution in [0.15, 0.2) is 30.5 Å². The third kappa shape index (κ3) is 2.60. The molecule has 18 heavy (non-hydrogen) atoms. The van der Waals surface area contributed by atoms with E-state index < -0.39 is 4.92 Å². The SMILES string of the molecule is COc1nn(Cc2cccc(Cl)c2)cc1[N+](=O)[O-]. The number of methoxy groups -OCH3 is 1. The summed E-state index contributed by atoms with van der Waals surface area (Å²) in [5.41, 5.74) is 0.752. The molecular weight excluding hydrogens is 258 g/mol. The van der Waals surface area contributed by atoms with E-state index in [1.807, 2.05) is 12.1 Å². The summed E-state index contributed by atoms with van der Waals surface area (Å²) >= 11 is 5.86. The number of benzene rings is 1. The molecule has 0 amide bonds. The lowest BCUT2D eigenvalue weighted by atomic mass is 10.2. The van der Waals surface area contributed by atoms with Gasteiger partial charge in [0.25, 0.3) is 0 Å². The molecule has 0 atom stereocenters. The first-order chi connectivity index (χ1) is 8.60. The standard InChI is InChI=1S/C11H10ClN3O3/c1-18-11-10(15(16)17)7-14(13-11)6-8-3-2-4-9(12)5-8/h2-5,7H,6H2,1H3. The number of halogens is 1. The van der Waals surface area contributed by atoms with Crippen molar-refractivity contribution in [1.82, 2.24) is 9.78 Å². The van der Waals surface area contributed by atoms with Gasteiger partial charge in [0, 0.05) is 5.02 Å². The molecule has 0 aliphatic heterocycles. The molecule has 0 bridgehead atoms. The lowest BCUT2D eigenvalue weighted by Crippen LogP contribution is -2.00. The lowest BCUT2D eigenvalue weighted by molar-refractivity contribution is -0.385. The molecule has 0 saturated carbocycles. The third-order valence-corrected chi connectivity index (χ3v) is 2.57. The maximum Gasteiger partial charge on any atom is 0.350 e. The highest BCUT2D eigenvalue weighted by atomic mass is 35.5. The monoisotopic (exact) mass is 267 g/mol. The molecule has 1 aromatic heterocycles. The lowest BCUT2D eigenvalue weighted by Gasteiger charge is -2.01. The fourth-order valence-corrected chi connectivity index (χ4v) is 1.78. The van der Waals surface area contributed by atoms with Crippen molar-refractivity contribution in [2.24, 2.45) is 0 Å². The van der Waals surface area contributed by atoms with Gasteiger partial charge in [-0.1, -0.05) is 23.7 Å². The number of hydrogen-bond donors (Lipinski definition) is 0. The van der Waals surface area contributed by atoms with E-state index in [1.54, 1.807) is 12.1 Å². The maximum absolute atomic E-state index is 10.8. The number of ether oxygens (including phenoxy) is 1. The van der Waals surface area contributed by atoms with Crippen molar-refractivity contribution in [2.45, 2.75) is 6.54 Å². The van der Waals surface area contributed by atoms with Gasteiger partial charge in [0.1, 0.15) is 6.20 Å². The molecule has 2 aromatic rings. The molecule has 0 N–H and O–H groups in total.